The van der Waals surface area contributed by atoms with Crippen LogP contribution in [0.25, 0.3) is 16.7 Å². The van der Waals surface area contributed by atoms with E-state index in [-0.39, 0.29) is 35.6 Å². The molecule has 3 heteroatoms. The van der Waals surface area contributed by atoms with Gasteiger partial charge in [-0.2, -0.15) is 0 Å². The van der Waals surface area contributed by atoms with Crippen molar-refractivity contribution in [2.75, 3.05) is 0 Å². The molecular formula is C39H46Cl2Zr. The minimum atomic E-state index is -2.32. The van der Waals surface area contributed by atoms with Crippen molar-refractivity contribution in [2.24, 2.45) is 5.92 Å². The number of hydrogen-bond donors (Lipinski definition) is 0. The molecule has 0 radical (unpaired) electrons. The summed E-state index contributed by atoms with van der Waals surface area (Å²) in [4.78, 5) is 0. The van der Waals surface area contributed by atoms with Crippen LogP contribution >= 0.6 is 0 Å². The Morgan fingerprint density at radius 2 is 1.19 bits per heavy atom. The molecule has 0 saturated heterocycles. The summed E-state index contributed by atoms with van der Waals surface area (Å²) < 4.78 is 4.39. The summed E-state index contributed by atoms with van der Waals surface area (Å²) in [5, 5.41) is 0. The fourth-order valence-electron chi connectivity index (χ4n) is 7.16. The van der Waals surface area contributed by atoms with Gasteiger partial charge in [0.15, 0.2) is 0 Å². The molecule has 42 heavy (non-hydrogen) atoms. The number of fused-ring (bicyclic) bond motifs is 3. The zero-order chi connectivity index (χ0) is 28.2. The smallest absolute Gasteiger partial charge is 1.00 e. The SMILES string of the molecule is CC1C=C(c2ccccc2)C=[C]1[Zr+2](=[C]1CCCCC1)[CH]1c2ccc(C(C)(C)C)cc2-c2cc(C(C)(C)C)ccc21.[Cl-].[Cl-]. The molecule has 3 aliphatic carbocycles. The van der Waals surface area contributed by atoms with E-state index in [1.165, 1.54) is 65.5 Å². The molecule has 0 N–H and O–H groups in total. The fraction of sp³-hybridized carbons (Fsp3) is 0.410. The Hall–Kier alpha value is -1.53. The number of benzene rings is 3. The van der Waals surface area contributed by atoms with Crippen molar-refractivity contribution < 1.29 is 46.1 Å². The summed E-state index contributed by atoms with van der Waals surface area (Å²) >= 11 is -2.32. The van der Waals surface area contributed by atoms with E-state index >= 15 is 0 Å². The Morgan fingerprint density at radius 1 is 0.667 bits per heavy atom. The van der Waals surface area contributed by atoms with Crippen LogP contribution in [0.4, 0.5) is 0 Å². The van der Waals surface area contributed by atoms with E-state index in [9.17, 15) is 0 Å². The Labute approximate surface area is 275 Å². The van der Waals surface area contributed by atoms with Gasteiger partial charge in [-0.25, -0.2) is 0 Å². The van der Waals surface area contributed by atoms with Crippen molar-refractivity contribution in [3.8, 4) is 11.1 Å². The van der Waals surface area contributed by atoms with Gasteiger partial charge in [0, 0.05) is 0 Å². The second-order valence-corrected chi connectivity index (χ2v) is 21.1. The van der Waals surface area contributed by atoms with Crippen molar-refractivity contribution in [3.05, 3.63) is 110 Å². The van der Waals surface area contributed by atoms with Crippen LogP contribution < -0.4 is 24.8 Å². The molecule has 1 atom stereocenters. The Morgan fingerprint density at radius 3 is 1.69 bits per heavy atom. The Bertz CT molecular complexity index is 1470. The first-order valence-electron chi connectivity index (χ1n) is 15.5. The predicted octanol–water partition coefficient (Wildman–Crippen LogP) is 4.73. The number of rotatable bonds is 3. The molecule has 1 unspecified atom stereocenters. The summed E-state index contributed by atoms with van der Waals surface area (Å²) in [6.07, 6.45) is 12.1. The maximum Gasteiger partial charge on any atom is -1.00 e. The van der Waals surface area contributed by atoms with Gasteiger partial charge >= 0.3 is 252 Å². The zero-order valence-electron chi connectivity index (χ0n) is 26.5. The molecule has 0 heterocycles. The van der Waals surface area contributed by atoms with E-state index < -0.39 is 21.3 Å². The average molecular weight is 677 g/mol. The molecule has 1 saturated carbocycles. The first-order chi connectivity index (χ1) is 19.0. The average Bonchev–Trinajstić information content (AvgIpc) is 3.47. The molecule has 1 fully saturated rings. The largest absolute Gasteiger partial charge is 1.00 e. The summed E-state index contributed by atoms with van der Waals surface area (Å²) in [5.74, 6) is 0.536. The van der Waals surface area contributed by atoms with Gasteiger partial charge in [0.25, 0.3) is 0 Å². The van der Waals surface area contributed by atoms with Crippen molar-refractivity contribution >= 4 is 8.78 Å². The molecule has 0 aliphatic heterocycles. The van der Waals surface area contributed by atoms with E-state index in [4.69, 9.17) is 0 Å². The van der Waals surface area contributed by atoms with Gasteiger partial charge < -0.3 is 24.8 Å². The van der Waals surface area contributed by atoms with E-state index in [2.05, 4.69) is 127 Å². The first kappa shape index (κ1) is 33.4. The number of halogens is 2. The second kappa shape index (κ2) is 12.8. The molecule has 0 aromatic heterocycles. The molecule has 3 aromatic carbocycles. The molecule has 0 amide bonds. The summed E-state index contributed by atoms with van der Waals surface area (Å²) in [5.41, 5.74) is 12.3. The molecule has 3 aromatic rings. The van der Waals surface area contributed by atoms with Gasteiger partial charge in [0.05, 0.1) is 0 Å². The van der Waals surface area contributed by atoms with E-state index in [0.717, 1.165) is 0 Å². The second-order valence-electron chi connectivity index (χ2n) is 14.5. The molecular weight excluding hydrogens is 631 g/mol. The minimum Gasteiger partial charge on any atom is -1.00 e. The molecule has 220 valence electrons. The van der Waals surface area contributed by atoms with Crippen molar-refractivity contribution in [1.82, 2.24) is 0 Å². The molecule has 0 spiro atoms. The zero-order valence-corrected chi connectivity index (χ0v) is 30.4. The third kappa shape index (κ3) is 6.32. The van der Waals surface area contributed by atoms with Gasteiger partial charge in [-0.1, -0.05) is 0 Å². The van der Waals surface area contributed by atoms with Crippen LogP contribution in [0, 0.1) is 5.92 Å². The van der Waals surface area contributed by atoms with Crippen LogP contribution in [0.1, 0.15) is 112 Å². The van der Waals surface area contributed by atoms with Gasteiger partial charge in [0.2, 0.25) is 0 Å². The van der Waals surface area contributed by atoms with Crippen LogP contribution in [0.3, 0.4) is 0 Å². The maximum atomic E-state index is 2.65. The molecule has 3 aliphatic rings. The minimum absolute atomic E-state index is 0. The quantitative estimate of drug-likeness (QED) is 0.377. The predicted molar refractivity (Wildman–Crippen MR) is 171 cm³/mol. The third-order valence-electron chi connectivity index (χ3n) is 9.53. The van der Waals surface area contributed by atoms with Crippen molar-refractivity contribution in [1.29, 1.82) is 0 Å². The van der Waals surface area contributed by atoms with Crippen LogP contribution in [0.15, 0.2) is 82.2 Å². The molecule has 6 rings (SSSR count). The van der Waals surface area contributed by atoms with E-state index in [1.807, 2.05) is 6.49 Å². The Kier molecular flexibility index (Phi) is 10.2. The van der Waals surface area contributed by atoms with Gasteiger partial charge in [-0.3, -0.25) is 0 Å². The monoisotopic (exact) mass is 674 g/mol. The molecule has 0 bridgehead atoms. The van der Waals surface area contributed by atoms with Gasteiger partial charge in [0.1, 0.15) is 0 Å². The summed E-state index contributed by atoms with van der Waals surface area (Å²) in [6.45, 7) is 16.6. The summed E-state index contributed by atoms with van der Waals surface area (Å²) in [6, 6.07) is 26.2. The normalized spacial score (nSPS) is 18.1. The maximum absolute atomic E-state index is 2.65. The van der Waals surface area contributed by atoms with Crippen LogP contribution in [0.2, 0.25) is 0 Å². The standard InChI is InChI=1S/C21H25.C12H11.C6H10.2ClH.Zr/c1-20(2,3)16-9-7-14-11-15-8-10-17(21(4,5)6)13-19(15)18(14)12-16;1-10-7-8-12(9-10)11-5-3-2-4-6-11;1-2-4-6-5-3-1;;;/h7-13H,1-6H3;2-6,8-10H,1H3;1-5H2;2*1H;/q;;;;;+2/p-2. The van der Waals surface area contributed by atoms with Gasteiger partial charge in [-0.15, -0.1) is 0 Å². The van der Waals surface area contributed by atoms with Crippen molar-refractivity contribution in [3.63, 3.8) is 0 Å². The van der Waals surface area contributed by atoms with E-state index in [0.29, 0.717) is 9.54 Å². The Balaban J connectivity index is 0.00000202. The molecule has 0 nitrogen and oxygen atoms in total. The first-order valence-corrected chi connectivity index (χ1v) is 19.4. The van der Waals surface area contributed by atoms with Gasteiger partial charge in [-0.05, 0) is 0 Å². The number of allylic oxidation sites excluding steroid dienone is 4. The van der Waals surface area contributed by atoms with E-state index in [1.54, 1.807) is 11.1 Å². The van der Waals surface area contributed by atoms with Crippen molar-refractivity contribution in [2.45, 2.75) is 95.0 Å². The van der Waals surface area contributed by atoms with Crippen LogP contribution in [-0.4, -0.2) is 3.21 Å². The number of hydrogen-bond acceptors (Lipinski definition) is 0. The third-order valence-corrected chi connectivity index (χ3v) is 18.6. The fourth-order valence-corrected chi connectivity index (χ4v) is 17.1. The van der Waals surface area contributed by atoms with Crippen LogP contribution in [0.5, 0.6) is 0 Å². The van der Waals surface area contributed by atoms with Crippen LogP contribution in [-0.2, 0) is 32.1 Å². The topological polar surface area (TPSA) is 0 Å². The summed E-state index contributed by atoms with van der Waals surface area (Å²) in [7, 11) is 0.